The lowest BCUT2D eigenvalue weighted by Crippen LogP contribution is -2.17. The summed E-state index contributed by atoms with van der Waals surface area (Å²) >= 11 is 5.77. The van der Waals surface area contributed by atoms with Gasteiger partial charge in [-0.15, -0.1) is 0 Å². The van der Waals surface area contributed by atoms with E-state index in [4.69, 9.17) is 17.4 Å². The summed E-state index contributed by atoms with van der Waals surface area (Å²) in [4.78, 5) is 12.0. The molecule has 0 aromatic heterocycles. The molecule has 2 aromatic carbocycles. The predicted octanol–water partition coefficient (Wildman–Crippen LogP) is 3.30. The smallest absolute Gasteiger partial charge is 0.257 e. The molecule has 0 radical (unpaired) electrons. The van der Waals surface area contributed by atoms with Crippen LogP contribution in [-0.2, 0) is 0 Å². The van der Waals surface area contributed by atoms with Crippen molar-refractivity contribution in [2.24, 2.45) is 5.84 Å². The molecule has 0 saturated heterocycles. The van der Waals surface area contributed by atoms with Gasteiger partial charge in [-0.25, -0.2) is 13.2 Å². The number of hydrazine groups is 1. The highest BCUT2D eigenvalue weighted by Crippen LogP contribution is 2.22. The van der Waals surface area contributed by atoms with Crippen molar-refractivity contribution >= 4 is 28.9 Å². The number of carbonyl (C=O) groups excluding carboxylic acids is 1. The molecule has 0 aliphatic heterocycles. The van der Waals surface area contributed by atoms with Gasteiger partial charge in [-0.1, -0.05) is 11.6 Å². The first kappa shape index (κ1) is 15.1. The van der Waals surface area contributed by atoms with Crippen molar-refractivity contribution in [3.63, 3.8) is 0 Å². The van der Waals surface area contributed by atoms with Gasteiger partial charge >= 0.3 is 0 Å². The highest BCUT2D eigenvalue weighted by molar-refractivity contribution is 6.31. The molecule has 4 nitrogen and oxygen atoms in total. The molecule has 21 heavy (non-hydrogen) atoms. The number of amides is 1. The first-order chi connectivity index (χ1) is 9.92. The van der Waals surface area contributed by atoms with E-state index in [2.05, 4.69) is 10.7 Å². The summed E-state index contributed by atoms with van der Waals surface area (Å²) in [7, 11) is 0. The van der Waals surface area contributed by atoms with Gasteiger partial charge in [-0.05, 0) is 18.2 Å². The summed E-state index contributed by atoms with van der Waals surface area (Å²) in [5.41, 5.74) is 2.39. The maximum atomic E-state index is 13.1. The topological polar surface area (TPSA) is 67.1 Å². The zero-order valence-electron chi connectivity index (χ0n) is 10.4. The monoisotopic (exact) mass is 315 g/mol. The van der Waals surface area contributed by atoms with Gasteiger partial charge in [0.15, 0.2) is 17.5 Å². The largest absolute Gasteiger partial charge is 0.323 e. The van der Waals surface area contributed by atoms with Crippen LogP contribution in [0, 0.1) is 17.5 Å². The molecular weight excluding hydrogens is 307 g/mol. The second kappa shape index (κ2) is 6.02. The molecule has 0 fully saturated rings. The Morgan fingerprint density at radius 3 is 2.29 bits per heavy atom. The maximum absolute atomic E-state index is 13.1. The van der Waals surface area contributed by atoms with E-state index in [1.807, 2.05) is 0 Å². The summed E-state index contributed by atoms with van der Waals surface area (Å²) in [5.74, 6) is 0.117. The molecule has 2 aromatic rings. The van der Waals surface area contributed by atoms with Crippen molar-refractivity contribution in [3.05, 3.63) is 58.4 Å². The number of anilines is 2. The molecule has 0 unspecified atom stereocenters. The minimum Gasteiger partial charge on any atom is -0.323 e. The minimum atomic E-state index is -1.61. The lowest BCUT2D eigenvalue weighted by atomic mass is 10.1. The number of benzene rings is 2. The third-order valence-electron chi connectivity index (χ3n) is 2.62. The summed E-state index contributed by atoms with van der Waals surface area (Å²) in [6, 6.07) is 5.61. The highest BCUT2D eigenvalue weighted by atomic mass is 35.5. The van der Waals surface area contributed by atoms with Crippen LogP contribution in [0.25, 0.3) is 0 Å². The molecule has 0 heterocycles. The van der Waals surface area contributed by atoms with Gasteiger partial charge in [0.1, 0.15) is 0 Å². The van der Waals surface area contributed by atoms with Crippen LogP contribution >= 0.6 is 11.6 Å². The molecule has 0 aliphatic rings. The van der Waals surface area contributed by atoms with Crippen molar-refractivity contribution in [2.45, 2.75) is 0 Å². The van der Waals surface area contributed by atoms with E-state index >= 15 is 0 Å². The van der Waals surface area contributed by atoms with E-state index in [0.717, 1.165) is 0 Å². The minimum absolute atomic E-state index is 0.0649. The molecule has 0 bridgehead atoms. The number of hydrogen-bond acceptors (Lipinski definition) is 3. The van der Waals surface area contributed by atoms with Crippen molar-refractivity contribution < 1.29 is 18.0 Å². The van der Waals surface area contributed by atoms with Crippen LogP contribution in [0.3, 0.4) is 0 Å². The van der Waals surface area contributed by atoms with Gasteiger partial charge < -0.3 is 10.7 Å². The first-order valence-corrected chi connectivity index (χ1v) is 6.02. The highest BCUT2D eigenvalue weighted by Gasteiger charge is 2.15. The van der Waals surface area contributed by atoms with Crippen molar-refractivity contribution in [1.29, 1.82) is 0 Å². The molecule has 4 N–H and O–H groups in total. The van der Waals surface area contributed by atoms with Crippen LogP contribution in [0.1, 0.15) is 10.4 Å². The molecule has 110 valence electrons. The fourth-order valence-corrected chi connectivity index (χ4v) is 1.83. The zero-order valence-corrected chi connectivity index (χ0v) is 11.1. The van der Waals surface area contributed by atoms with E-state index in [0.29, 0.717) is 12.1 Å². The van der Waals surface area contributed by atoms with E-state index in [1.165, 1.54) is 18.2 Å². The Balaban J connectivity index is 2.32. The van der Waals surface area contributed by atoms with Crippen LogP contribution in [0.5, 0.6) is 0 Å². The zero-order chi connectivity index (χ0) is 15.6. The fraction of sp³-hybridized carbons (Fsp3) is 0. The average molecular weight is 316 g/mol. The lowest BCUT2D eigenvalue weighted by Gasteiger charge is -2.10. The normalized spacial score (nSPS) is 10.3. The van der Waals surface area contributed by atoms with Crippen LogP contribution in [-0.4, -0.2) is 5.91 Å². The number of nitrogens with one attached hydrogen (secondary N) is 2. The van der Waals surface area contributed by atoms with E-state index in [-0.39, 0.29) is 22.0 Å². The molecular formula is C13H9ClF3N3O. The predicted molar refractivity (Wildman–Crippen MR) is 73.5 cm³/mol. The Labute approximate surface area is 122 Å². The van der Waals surface area contributed by atoms with Crippen molar-refractivity contribution in [2.75, 3.05) is 10.7 Å². The Kier molecular flexibility index (Phi) is 4.35. The second-order valence-corrected chi connectivity index (χ2v) is 4.48. The quantitative estimate of drug-likeness (QED) is 0.462. The van der Waals surface area contributed by atoms with Crippen LogP contribution in [0.15, 0.2) is 30.3 Å². The van der Waals surface area contributed by atoms with Gasteiger partial charge in [0.05, 0.1) is 11.3 Å². The molecule has 1 amide bonds. The first-order valence-electron chi connectivity index (χ1n) is 5.64. The summed E-state index contributed by atoms with van der Waals surface area (Å²) in [5, 5.41) is 2.50. The van der Waals surface area contributed by atoms with Crippen LogP contribution < -0.4 is 16.6 Å². The SMILES string of the molecule is NNc1ccc(Cl)cc1C(=O)Nc1cc(F)c(F)c(F)c1. The van der Waals surface area contributed by atoms with Gasteiger partial charge in [-0.3, -0.25) is 10.6 Å². The molecule has 8 heteroatoms. The number of halogens is 4. The Hall–Kier alpha value is -2.25. The third-order valence-corrected chi connectivity index (χ3v) is 2.86. The summed E-state index contributed by atoms with van der Waals surface area (Å²) in [6.45, 7) is 0. The Bertz CT molecular complexity index is 686. The van der Waals surface area contributed by atoms with E-state index < -0.39 is 23.4 Å². The van der Waals surface area contributed by atoms with Gasteiger partial charge in [0.2, 0.25) is 0 Å². The fourth-order valence-electron chi connectivity index (χ4n) is 1.66. The molecule has 2 rings (SSSR count). The Morgan fingerprint density at radius 1 is 1.10 bits per heavy atom. The van der Waals surface area contributed by atoms with Gasteiger partial charge in [0.25, 0.3) is 5.91 Å². The summed E-state index contributed by atoms with van der Waals surface area (Å²) < 4.78 is 39.0. The van der Waals surface area contributed by atoms with Crippen LogP contribution in [0.2, 0.25) is 5.02 Å². The van der Waals surface area contributed by atoms with Gasteiger partial charge in [-0.2, -0.15) is 0 Å². The number of nitrogens with two attached hydrogens (primary N) is 1. The van der Waals surface area contributed by atoms with Gasteiger partial charge in [0, 0.05) is 22.8 Å². The summed E-state index contributed by atoms with van der Waals surface area (Å²) in [6.07, 6.45) is 0. The third kappa shape index (κ3) is 3.26. The maximum Gasteiger partial charge on any atom is 0.257 e. The Morgan fingerprint density at radius 2 is 1.71 bits per heavy atom. The number of hydrogen-bond donors (Lipinski definition) is 3. The van der Waals surface area contributed by atoms with E-state index in [9.17, 15) is 18.0 Å². The average Bonchev–Trinajstić information content (AvgIpc) is 2.44. The second-order valence-electron chi connectivity index (χ2n) is 4.04. The van der Waals surface area contributed by atoms with Crippen molar-refractivity contribution in [3.8, 4) is 0 Å². The standard InChI is InChI=1S/C13H9ClF3N3O/c14-6-1-2-11(20-18)8(3-6)13(21)19-7-4-9(15)12(17)10(16)5-7/h1-5,20H,18H2,(H,19,21). The number of nitrogen functional groups attached to an aromatic ring is 1. The van der Waals surface area contributed by atoms with Crippen LogP contribution in [0.4, 0.5) is 24.5 Å². The number of rotatable bonds is 3. The van der Waals surface area contributed by atoms with E-state index in [1.54, 1.807) is 0 Å². The molecule has 0 spiro atoms. The molecule has 0 atom stereocenters. The lowest BCUT2D eigenvalue weighted by molar-refractivity contribution is 0.102. The number of carbonyl (C=O) groups is 1. The molecule has 0 aliphatic carbocycles. The molecule has 0 saturated carbocycles. The van der Waals surface area contributed by atoms with Crippen molar-refractivity contribution in [1.82, 2.24) is 0 Å².